The molecule has 2 aliphatic heterocycles. The summed E-state index contributed by atoms with van der Waals surface area (Å²) in [5.41, 5.74) is 5.22. The van der Waals surface area contributed by atoms with E-state index in [4.69, 9.17) is 5.73 Å². The van der Waals surface area contributed by atoms with Gasteiger partial charge in [-0.15, -0.1) is 0 Å². The highest BCUT2D eigenvalue weighted by atomic mass is 32.2. The van der Waals surface area contributed by atoms with Crippen molar-refractivity contribution < 1.29 is 22.0 Å². The van der Waals surface area contributed by atoms with Crippen LogP contribution in [0.3, 0.4) is 0 Å². The Morgan fingerprint density at radius 2 is 1.72 bits per heavy atom. The van der Waals surface area contributed by atoms with E-state index in [1.54, 1.807) is 4.31 Å². The molecule has 0 atom stereocenters. The lowest BCUT2D eigenvalue weighted by atomic mass is 10.1. The molecule has 8 nitrogen and oxygen atoms in total. The number of nitrogens with two attached hydrogens (primary N) is 1. The van der Waals surface area contributed by atoms with Gasteiger partial charge >= 0.3 is 0 Å². The molecule has 0 unspecified atom stereocenters. The predicted molar refractivity (Wildman–Crippen MR) is 138 cm³/mol. The Balaban J connectivity index is 1.28. The van der Waals surface area contributed by atoms with Gasteiger partial charge in [0.2, 0.25) is 15.8 Å². The van der Waals surface area contributed by atoms with Crippen LogP contribution in [-0.2, 0) is 10.0 Å². The monoisotopic (exact) mass is 541 g/mol. The highest BCUT2D eigenvalue weighted by Gasteiger charge is 2.29. The summed E-state index contributed by atoms with van der Waals surface area (Å²) < 4.78 is 55.3. The number of carbonyl (C=O) groups excluding carboxylic acids is 1. The summed E-state index contributed by atoms with van der Waals surface area (Å²) in [7, 11) is -3.31. The second-order valence-electron chi connectivity index (χ2n) is 9.40. The number of aromatic nitrogens is 1. The van der Waals surface area contributed by atoms with Crippen molar-refractivity contribution in [3.63, 3.8) is 0 Å². The number of rotatable bonds is 9. The number of piperidine rings is 1. The molecule has 3 heterocycles. The lowest BCUT2D eigenvalue weighted by Gasteiger charge is -2.31. The third-order valence-corrected chi connectivity index (χ3v) is 9.76. The van der Waals surface area contributed by atoms with Crippen molar-refractivity contribution in [2.24, 2.45) is 0 Å². The summed E-state index contributed by atoms with van der Waals surface area (Å²) >= 11 is 0.939. The molecule has 0 spiro atoms. The SMILES string of the molecule is Nc1nc(NC2CCN(S(=O)(=O)CCCN3CCCCCC3)CC2)sc1C(=O)c1c(F)cccc1F. The number of carbonyl (C=O) groups is 1. The van der Waals surface area contributed by atoms with Crippen LogP contribution in [0.1, 0.15) is 60.2 Å². The Labute approximate surface area is 214 Å². The van der Waals surface area contributed by atoms with Crippen molar-refractivity contribution in [1.29, 1.82) is 0 Å². The average molecular weight is 542 g/mol. The minimum Gasteiger partial charge on any atom is -0.382 e. The van der Waals surface area contributed by atoms with Crippen molar-refractivity contribution in [1.82, 2.24) is 14.2 Å². The second kappa shape index (κ2) is 11.9. The van der Waals surface area contributed by atoms with Crippen molar-refractivity contribution in [2.45, 2.75) is 51.0 Å². The Morgan fingerprint density at radius 1 is 1.08 bits per heavy atom. The molecule has 1 aromatic heterocycles. The molecular formula is C24H33F2N5O3S2. The van der Waals surface area contributed by atoms with Crippen LogP contribution in [0.15, 0.2) is 18.2 Å². The molecule has 2 aromatic rings. The summed E-state index contributed by atoms with van der Waals surface area (Å²) in [4.78, 5) is 19.2. The van der Waals surface area contributed by atoms with Crippen molar-refractivity contribution >= 4 is 38.1 Å². The number of hydrogen-bond donors (Lipinski definition) is 2. The summed E-state index contributed by atoms with van der Waals surface area (Å²) in [5, 5.41) is 3.57. The third kappa shape index (κ3) is 6.58. The standard InChI is InChI=1S/C24H33F2N5O3S2/c25-18-7-5-8-19(26)20(18)21(32)22-23(27)29-24(35-22)28-17-9-14-31(15-10-17)36(33,34)16-6-13-30-11-3-1-2-4-12-30/h5,7-8,17H,1-4,6,9-16,27H2,(H,28,29). The maximum absolute atomic E-state index is 14.0. The molecule has 1 aromatic carbocycles. The molecule has 2 fully saturated rings. The molecule has 12 heteroatoms. The molecule has 198 valence electrons. The van der Waals surface area contributed by atoms with Crippen molar-refractivity contribution in [3.8, 4) is 0 Å². The van der Waals surface area contributed by atoms with Gasteiger partial charge in [0.25, 0.3) is 0 Å². The first-order chi connectivity index (χ1) is 17.2. The molecule has 4 rings (SSSR count). The zero-order chi connectivity index (χ0) is 25.7. The first kappa shape index (κ1) is 26.9. The number of benzene rings is 1. The number of anilines is 2. The molecule has 2 aliphatic rings. The maximum atomic E-state index is 14.0. The van der Waals surface area contributed by atoms with Crippen LogP contribution >= 0.6 is 11.3 Å². The number of thiazole rings is 1. The van der Waals surface area contributed by atoms with Gasteiger partial charge in [-0.3, -0.25) is 4.79 Å². The number of nitrogen functional groups attached to an aromatic ring is 1. The van der Waals surface area contributed by atoms with Gasteiger partial charge in [0.1, 0.15) is 22.3 Å². The molecule has 0 aliphatic carbocycles. The zero-order valence-electron chi connectivity index (χ0n) is 20.2. The molecule has 2 saturated heterocycles. The fraction of sp³-hybridized carbons (Fsp3) is 0.583. The van der Waals surface area contributed by atoms with Gasteiger partial charge in [-0.25, -0.2) is 26.5 Å². The summed E-state index contributed by atoms with van der Waals surface area (Å²) in [6, 6.07) is 3.17. The van der Waals surface area contributed by atoms with Crippen LogP contribution < -0.4 is 11.1 Å². The smallest absolute Gasteiger partial charge is 0.214 e. The number of likely N-dealkylation sites (tertiary alicyclic amines) is 1. The van der Waals surface area contributed by atoms with Crippen LogP contribution in [-0.4, -0.2) is 72.9 Å². The summed E-state index contributed by atoms with van der Waals surface area (Å²) in [6.45, 7) is 3.73. The van der Waals surface area contributed by atoms with Gasteiger partial charge in [0, 0.05) is 19.1 Å². The molecular weight excluding hydrogens is 508 g/mol. The predicted octanol–water partition coefficient (Wildman–Crippen LogP) is 3.71. The molecule has 0 radical (unpaired) electrons. The molecule has 36 heavy (non-hydrogen) atoms. The van der Waals surface area contributed by atoms with Gasteiger partial charge in [-0.05, 0) is 63.9 Å². The van der Waals surface area contributed by atoms with E-state index >= 15 is 0 Å². The maximum Gasteiger partial charge on any atom is 0.214 e. The highest BCUT2D eigenvalue weighted by molar-refractivity contribution is 7.89. The fourth-order valence-electron chi connectivity index (χ4n) is 4.80. The quantitative estimate of drug-likeness (QED) is 0.466. The van der Waals surface area contributed by atoms with Crippen LogP contribution in [0.25, 0.3) is 0 Å². The summed E-state index contributed by atoms with van der Waals surface area (Å²) in [5.74, 6) is -2.71. The number of hydrogen-bond acceptors (Lipinski definition) is 8. The topological polar surface area (TPSA) is 109 Å². The Morgan fingerprint density at radius 3 is 2.36 bits per heavy atom. The van der Waals surface area contributed by atoms with Gasteiger partial charge in [-0.2, -0.15) is 0 Å². The number of ketones is 1. The number of nitrogens with one attached hydrogen (secondary N) is 1. The minimum absolute atomic E-state index is 0.0362. The molecule has 3 N–H and O–H groups in total. The fourth-order valence-corrected chi connectivity index (χ4v) is 7.22. The Hall–Kier alpha value is -2.15. The highest BCUT2D eigenvalue weighted by Crippen LogP contribution is 2.30. The van der Waals surface area contributed by atoms with Crippen LogP contribution in [0, 0.1) is 11.6 Å². The van der Waals surface area contributed by atoms with Crippen molar-refractivity contribution in [3.05, 3.63) is 40.3 Å². The molecule has 0 bridgehead atoms. The minimum atomic E-state index is -3.31. The van der Waals surface area contributed by atoms with Gasteiger partial charge < -0.3 is 16.0 Å². The number of sulfonamides is 1. The Kier molecular flexibility index (Phi) is 8.91. The van der Waals surface area contributed by atoms with E-state index in [0.29, 0.717) is 37.5 Å². The van der Waals surface area contributed by atoms with E-state index in [9.17, 15) is 22.0 Å². The third-order valence-electron chi connectivity index (χ3n) is 6.80. The van der Waals surface area contributed by atoms with Gasteiger partial charge in [0.05, 0.1) is 11.3 Å². The summed E-state index contributed by atoms with van der Waals surface area (Å²) in [6.07, 6.45) is 6.69. The first-order valence-corrected chi connectivity index (χ1v) is 14.9. The van der Waals surface area contributed by atoms with E-state index in [1.165, 1.54) is 31.7 Å². The van der Waals surface area contributed by atoms with E-state index in [2.05, 4.69) is 15.2 Å². The van der Waals surface area contributed by atoms with Gasteiger partial charge in [-0.1, -0.05) is 30.2 Å². The molecule has 0 saturated carbocycles. The molecule has 0 amide bonds. The lowest BCUT2D eigenvalue weighted by molar-refractivity contribution is 0.103. The van der Waals surface area contributed by atoms with Crippen molar-refractivity contribution in [2.75, 3.05) is 49.5 Å². The average Bonchev–Trinajstić information content (AvgIpc) is 3.02. The van der Waals surface area contributed by atoms with E-state index in [0.717, 1.165) is 43.1 Å². The zero-order valence-corrected chi connectivity index (χ0v) is 21.9. The number of nitrogens with zero attached hydrogens (tertiary/aromatic N) is 3. The van der Waals surface area contributed by atoms with E-state index in [1.807, 2.05) is 0 Å². The normalized spacial score (nSPS) is 18.7. The van der Waals surface area contributed by atoms with Crippen LogP contribution in [0.4, 0.5) is 19.7 Å². The van der Waals surface area contributed by atoms with Crippen LogP contribution in [0.5, 0.6) is 0 Å². The van der Waals surface area contributed by atoms with E-state index in [-0.39, 0.29) is 22.5 Å². The van der Waals surface area contributed by atoms with Crippen LogP contribution in [0.2, 0.25) is 0 Å². The largest absolute Gasteiger partial charge is 0.382 e. The van der Waals surface area contributed by atoms with Gasteiger partial charge in [0.15, 0.2) is 5.13 Å². The first-order valence-electron chi connectivity index (χ1n) is 12.5. The second-order valence-corrected chi connectivity index (χ2v) is 12.5. The van der Waals surface area contributed by atoms with E-state index < -0.39 is 33.0 Å². The Bertz CT molecular complexity index is 1140. The lowest BCUT2D eigenvalue weighted by Crippen LogP contribution is -2.43. The number of halogens is 2.